The molecule has 162 valence electrons. The van der Waals surface area contributed by atoms with E-state index in [1.165, 1.54) is 14.2 Å². The summed E-state index contributed by atoms with van der Waals surface area (Å²) < 4.78 is 20.4. The highest BCUT2D eigenvalue weighted by atomic mass is 16.6. The van der Waals surface area contributed by atoms with Crippen molar-refractivity contribution in [3.8, 4) is 0 Å². The van der Waals surface area contributed by atoms with Crippen LogP contribution in [-0.4, -0.2) is 63.1 Å². The SMILES string of the molecule is COC[C@H](NC(=O)OC(C)(C)C)C(=O)N[C@@H](COC)C(=O)OCc1ccccc1. The van der Waals surface area contributed by atoms with Crippen LogP contribution < -0.4 is 10.6 Å². The molecule has 0 fully saturated rings. The third-order valence-electron chi connectivity index (χ3n) is 3.50. The largest absolute Gasteiger partial charge is 0.459 e. The minimum atomic E-state index is -1.06. The number of benzene rings is 1. The molecule has 0 heterocycles. The Morgan fingerprint density at radius 2 is 1.52 bits per heavy atom. The standard InChI is InChI=1S/C20H30N2O7/c1-20(2,3)29-19(25)22-15(12-26-4)17(23)21-16(13-27-5)18(24)28-11-14-9-7-6-8-10-14/h6-10,15-16H,11-13H2,1-5H3,(H,21,23)(H,22,25)/t15-,16-/m0/s1. The van der Waals surface area contributed by atoms with E-state index < -0.39 is 35.7 Å². The van der Waals surface area contributed by atoms with Gasteiger partial charge in [-0.05, 0) is 26.3 Å². The Kier molecular flexibility index (Phi) is 10.1. The molecular formula is C20H30N2O7. The van der Waals surface area contributed by atoms with Gasteiger partial charge in [0.15, 0.2) is 6.04 Å². The predicted octanol–water partition coefficient (Wildman–Crippen LogP) is 1.40. The summed E-state index contributed by atoms with van der Waals surface area (Å²) in [5.41, 5.74) is 0.0880. The smallest absolute Gasteiger partial charge is 0.408 e. The zero-order chi connectivity index (χ0) is 21.9. The second-order valence-electron chi connectivity index (χ2n) is 7.26. The number of methoxy groups -OCH3 is 2. The van der Waals surface area contributed by atoms with Crippen molar-refractivity contribution in [1.29, 1.82) is 0 Å². The number of esters is 1. The summed E-state index contributed by atoms with van der Waals surface area (Å²) in [7, 11) is 2.78. The number of hydrogen-bond donors (Lipinski definition) is 2. The van der Waals surface area contributed by atoms with Crippen LogP contribution >= 0.6 is 0 Å². The summed E-state index contributed by atoms with van der Waals surface area (Å²) in [5.74, 6) is -1.28. The summed E-state index contributed by atoms with van der Waals surface area (Å²) in [6.45, 7) is 4.97. The number of rotatable bonds is 10. The lowest BCUT2D eigenvalue weighted by atomic mass is 10.2. The van der Waals surface area contributed by atoms with Crippen LogP contribution in [0.4, 0.5) is 4.79 Å². The van der Waals surface area contributed by atoms with Crippen molar-refractivity contribution in [2.45, 2.75) is 45.1 Å². The third-order valence-corrected chi connectivity index (χ3v) is 3.50. The van der Waals surface area contributed by atoms with Crippen molar-refractivity contribution < 1.29 is 33.3 Å². The van der Waals surface area contributed by atoms with Crippen LogP contribution in [0.1, 0.15) is 26.3 Å². The quantitative estimate of drug-likeness (QED) is 0.561. The van der Waals surface area contributed by atoms with Crippen LogP contribution in [0.15, 0.2) is 30.3 Å². The van der Waals surface area contributed by atoms with Gasteiger partial charge in [0.25, 0.3) is 0 Å². The number of nitrogens with one attached hydrogen (secondary N) is 2. The van der Waals surface area contributed by atoms with E-state index in [2.05, 4.69) is 10.6 Å². The van der Waals surface area contributed by atoms with Crippen LogP contribution in [0.3, 0.4) is 0 Å². The number of ether oxygens (including phenoxy) is 4. The monoisotopic (exact) mass is 410 g/mol. The Morgan fingerprint density at radius 1 is 0.931 bits per heavy atom. The Labute approximate surface area is 171 Å². The molecule has 2 atom stereocenters. The Balaban J connectivity index is 2.70. The van der Waals surface area contributed by atoms with Crippen molar-refractivity contribution in [1.82, 2.24) is 10.6 Å². The molecule has 9 nitrogen and oxygen atoms in total. The highest BCUT2D eigenvalue weighted by Gasteiger charge is 2.29. The van der Waals surface area contributed by atoms with Crippen LogP contribution in [0.25, 0.3) is 0 Å². The van der Waals surface area contributed by atoms with Gasteiger partial charge in [-0.25, -0.2) is 9.59 Å². The summed E-state index contributed by atoms with van der Waals surface area (Å²) in [4.78, 5) is 36.9. The molecule has 0 aromatic heterocycles. The maximum absolute atomic E-state index is 12.6. The van der Waals surface area contributed by atoms with Crippen molar-refractivity contribution in [3.05, 3.63) is 35.9 Å². The number of alkyl carbamates (subject to hydrolysis) is 1. The lowest BCUT2D eigenvalue weighted by molar-refractivity contribution is -0.151. The van der Waals surface area contributed by atoms with Crippen LogP contribution in [-0.2, 0) is 35.1 Å². The topological polar surface area (TPSA) is 112 Å². The average Bonchev–Trinajstić information content (AvgIpc) is 2.64. The summed E-state index contributed by atoms with van der Waals surface area (Å²) in [6, 6.07) is 7.04. The maximum Gasteiger partial charge on any atom is 0.408 e. The molecule has 1 rings (SSSR count). The first-order valence-corrected chi connectivity index (χ1v) is 9.14. The lowest BCUT2D eigenvalue weighted by Crippen LogP contribution is -2.55. The zero-order valence-corrected chi connectivity index (χ0v) is 17.5. The van der Waals surface area contributed by atoms with Gasteiger partial charge in [-0.3, -0.25) is 4.79 Å². The summed E-state index contributed by atoms with van der Waals surface area (Å²) in [6.07, 6.45) is -0.773. The second-order valence-corrected chi connectivity index (χ2v) is 7.26. The lowest BCUT2D eigenvalue weighted by Gasteiger charge is -2.24. The van der Waals surface area contributed by atoms with Crippen LogP contribution in [0, 0.1) is 0 Å². The first kappa shape index (κ1) is 24.4. The first-order chi connectivity index (χ1) is 13.7. The molecule has 0 radical (unpaired) electrons. The Hall–Kier alpha value is -2.65. The van der Waals surface area contributed by atoms with Crippen LogP contribution in [0.2, 0.25) is 0 Å². The van der Waals surface area contributed by atoms with Gasteiger partial charge in [0.05, 0.1) is 13.2 Å². The van der Waals surface area contributed by atoms with Gasteiger partial charge in [0.2, 0.25) is 5.91 Å². The van der Waals surface area contributed by atoms with Gasteiger partial charge >= 0.3 is 12.1 Å². The van der Waals surface area contributed by atoms with Crippen LogP contribution in [0.5, 0.6) is 0 Å². The normalized spacial score (nSPS) is 13.1. The molecule has 2 amide bonds. The molecule has 0 bridgehead atoms. The highest BCUT2D eigenvalue weighted by Crippen LogP contribution is 2.07. The minimum absolute atomic E-state index is 0.0629. The van der Waals surface area contributed by atoms with Gasteiger partial charge in [-0.15, -0.1) is 0 Å². The fourth-order valence-corrected chi connectivity index (χ4v) is 2.24. The molecule has 1 aromatic carbocycles. The first-order valence-electron chi connectivity index (χ1n) is 9.14. The Morgan fingerprint density at radius 3 is 2.07 bits per heavy atom. The van der Waals surface area contributed by atoms with E-state index in [-0.39, 0.29) is 19.8 Å². The third kappa shape index (κ3) is 9.91. The average molecular weight is 410 g/mol. The van der Waals surface area contributed by atoms with Gasteiger partial charge in [0.1, 0.15) is 18.2 Å². The zero-order valence-electron chi connectivity index (χ0n) is 17.5. The molecule has 0 spiro atoms. The van der Waals surface area contributed by atoms with Gasteiger partial charge in [0, 0.05) is 14.2 Å². The molecule has 0 saturated carbocycles. The minimum Gasteiger partial charge on any atom is -0.459 e. The fraction of sp³-hybridized carbons (Fsp3) is 0.550. The van der Waals surface area contributed by atoms with E-state index in [4.69, 9.17) is 18.9 Å². The van der Waals surface area contributed by atoms with Gasteiger partial charge in [-0.1, -0.05) is 30.3 Å². The number of carbonyl (C=O) groups excluding carboxylic acids is 3. The van der Waals surface area contributed by atoms with E-state index in [0.29, 0.717) is 0 Å². The molecule has 9 heteroatoms. The van der Waals surface area contributed by atoms with Crippen molar-refractivity contribution in [3.63, 3.8) is 0 Å². The molecule has 0 aliphatic rings. The second kappa shape index (κ2) is 12.0. The van der Waals surface area contributed by atoms with E-state index in [0.717, 1.165) is 5.56 Å². The van der Waals surface area contributed by atoms with E-state index in [1.54, 1.807) is 20.8 Å². The molecule has 0 aliphatic heterocycles. The number of hydrogen-bond acceptors (Lipinski definition) is 7. The molecule has 1 aromatic rings. The van der Waals surface area contributed by atoms with Crippen molar-refractivity contribution in [2.75, 3.05) is 27.4 Å². The molecule has 29 heavy (non-hydrogen) atoms. The van der Waals surface area contributed by atoms with E-state index in [9.17, 15) is 14.4 Å². The fourth-order valence-electron chi connectivity index (χ4n) is 2.24. The molecule has 0 aliphatic carbocycles. The number of carbonyl (C=O) groups is 3. The van der Waals surface area contributed by atoms with Gasteiger partial charge < -0.3 is 29.6 Å². The van der Waals surface area contributed by atoms with Crippen molar-refractivity contribution >= 4 is 18.0 Å². The van der Waals surface area contributed by atoms with E-state index in [1.807, 2.05) is 30.3 Å². The summed E-state index contributed by atoms with van der Waals surface area (Å²) in [5, 5.41) is 4.95. The van der Waals surface area contributed by atoms with Crippen molar-refractivity contribution in [2.24, 2.45) is 0 Å². The molecule has 0 unspecified atom stereocenters. The number of amides is 2. The molecular weight excluding hydrogens is 380 g/mol. The molecule has 0 saturated heterocycles. The Bertz CT molecular complexity index is 659. The summed E-state index contributed by atoms with van der Waals surface area (Å²) >= 11 is 0. The highest BCUT2D eigenvalue weighted by molar-refractivity contribution is 5.89. The van der Waals surface area contributed by atoms with Gasteiger partial charge in [-0.2, -0.15) is 0 Å². The predicted molar refractivity (Wildman–Crippen MR) is 105 cm³/mol. The maximum atomic E-state index is 12.6. The molecule has 2 N–H and O–H groups in total. The van der Waals surface area contributed by atoms with E-state index >= 15 is 0 Å².